The van der Waals surface area contributed by atoms with Gasteiger partial charge in [-0.2, -0.15) is 8.78 Å². The second kappa shape index (κ2) is 10.8. The van der Waals surface area contributed by atoms with Gasteiger partial charge in [0.15, 0.2) is 0 Å². The Morgan fingerprint density at radius 1 is 0.926 bits per heavy atom. The van der Waals surface area contributed by atoms with E-state index < -0.39 is 17.8 Å². The van der Waals surface area contributed by atoms with E-state index in [4.69, 9.17) is 23.2 Å². The summed E-state index contributed by atoms with van der Waals surface area (Å²) in [6.45, 7) is 5.62. The minimum Gasteiger partial charge on any atom is -0.227 e. The molecule has 1 aliphatic rings. The van der Waals surface area contributed by atoms with E-state index in [-0.39, 0.29) is 31.6 Å². The first-order valence-corrected chi connectivity index (χ1v) is 9.40. The SMILES string of the molecule is CC.Cc1cc(Cl)cnc1F.Fc1ncc(Cl)cc1C1CCC(F)(F)CC1. The van der Waals surface area contributed by atoms with Gasteiger partial charge in [0.2, 0.25) is 17.8 Å². The molecular weight excluding hydrogens is 403 g/mol. The zero-order valence-electron chi connectivity index (χ0n) is 15.4. The Labute approximate surface area is 166 Å². The predicted molar refractivity (Wildman–Crippen MR) is 101 cm³/mol. The first-order chi connectivity index (χ1) is 12.7. The summed E-state index contributed by atoms with van der Waals surface area (Å²) in [7, 11) is 0. The standard InChI is InChI=1S/C11H11ClF3N.C6H5ClFN.C2H6/c12-8-5-9(10(13)16-6-8)7-1-3-11(14,15)4-2-7;1-4-2-5(7)3-9-6(4)8;1-2/h5-7H,1-4H2;2-3H,1H3;1-2H3. The van der Waals surface area contributed by atoms with Crippen molar-refractivity contribution in [2.24, 2.45) is 0 Å². The van der Waals surface area contributed by atoms with E-state index in [9.17, 15) is 17.6 Å². The second-order valence-corrected chi connectivity index (χ2v) is 6.80. The van der Waals surface area contributed by atoms with Crippen molar-refractivity contribution in [3.8, 4) is 0 Å². The minimum atomic E-state index is -2.60. The molecule has 0 amide bonds. The van der Waals surface area contributed by atoms with Crippen LogP contribution in [0.3, 0.4) is 0 Å². The van der Waals surface area contributed by atoms with Gasteiger partial charge in [-0.15, -0.1) is 0 Å². The molecule has 3 rings (SSSR count). The molecule has 2 aromatic rings. The molecule has 0 aliphatic heterocycles. The van der Waals surface area contributed by atoms with Crippen LogP contribution in [0.15, 0.2) is 24.5 Å². The highest BCUT2D eigenvalue weighted by atomic mass is 35.5. The average Bonchev–Trinajstić information content (AvgIpc) is 2.63. The fourth-order valence-corrected chi connectivity index (χ4v) is 2.98. The fraction of sp³-hybridized carbons (Fsp3) is 0.474. The van der Waals surface area contributed by atoms with Gasteiger partial charge in [0.25, 0.3) is 0 Å². The van der Waals surface area contributed by atoms with Crippen LogP contribution in [0.1, 0.15) is 56.6 Å². The third-order valence-corrected chi connectivity index (χ3v) is 4.38. The van der Waals surface area contributed by atoms with Crippen LogP contribution in [-0.2, 0) is 0 Å². The highest BCUT2D eigenvalue weighted by Gasteiger charge is 2.36. The maximum Gasteiger partial charge on any atom is 0.248 e. The molecule has 0 radical (unpaired) electrons. The summed E-state index contributed by atoms with van der Waals surface area (Å²) in [5.41, 5.74) is 0.838. The number of aryl methyl sites for hydroxylation is 1. The molecule has 0 unspecified atom stereocenters. The molecule has 2 aromatic heterocycles. The van der Waals surface area contributed by atoms with Crippen molar-refractivity contribution in [3.05, 3.63) is 57.6 Å². The zero-order valence-corrected chi connectivity index (χ0v) is 16.9. The lowest BCUT2D eigenvalue weighted by Gasteiger charge is -2.28. The summed E-state index contributed by atoms with van der Waals surface area (Å²) >= 11 is 11.2. The van der Waals surface area contributed by atoms with E-state index in [0.29, 0.717) is 21.2 Å². The smallest absolute Gasteiger partial charge is 0.227 e. The van der Waals surface area contributed by atoms with Gasteiger partial charge in [-0.05, 0) is 37.8 Å². The highest BCUT2D eigenvalue weighted by Crippen LogP contribution is 2.41. The van der Waals surface area contributed by atoms with E-state index in [2.05, 4.69) is 9.97 Å². The van der Waals surface area contributed by atoms with Crippen LogP contribution < -0.4 is 0 Å². The molecule has 0 saturated heterocycles. The molecule has 27 heavy (non-hydrogen) atoms. The molecule has 1 fully saturated rings. The molecule has 8 heteroatoms. The minimum absolute atomic E-state index is 0.189. The van der Waals surface area contributed by atoms with E-state index in [1.165, 1.54) is 24.5 Å². The van der Waals surface area contributed by atoms with Crippen molar-refractivity contribution < 1.29 is 17.6 Å². The number of halogens is 6. The Morgan fingerprint density at radius 3 is 1.89 bits per heavy atom. The van der Waals surface area contributed by atoms with Gasteiger partial charge in [-0.3, -0.25) is 0 Å². The normalized spacial score (nSPS) is 15.9. The van der Waals surface area contributed by atoms with Gasteiger partial charge in [0.05, 0.1) is 10.0 Å². The van der Waals surface area contributed by atoms with Gasteiger partial charge in [-0.25, -0.2) is 18.7 Å². The Hall–Kier alpha value is -1.40. The van der Waals surface area contributed by atoms with Gasteiger partial charge in [-0.1, -0.05) is 37.0 Å². The Kier molecular flexibility index (Phi) is 9.47. The molecule has 0 spiro atoms. The summed E-state index contributed by atoms with van der Waals surface area (Å²) in [5, 5.41) is 0.808. The maximum absolute atomic E-state index is 13.4. The summed E-state index contributed by atoms with van der Waals surface area (Å²) in [6.07, 6.45) is 2.69. The molecule has 0 atom stereocenters. The highest BCUT2D eigenvalue weighted by molar-refractivity contribution is 6.30. The van der Waals surface area contributed by atoms with Crippen LogP contribution in [0.2, 0.25) is 10.0 Å². The Bertz CT molecular complexity index is 732. The van der Waals surface area contributed by atoms with E-state index in [1.807, 2.05) is 13.8 Å². The van der Waals surface area contributed by atoms with Crippen LogP contribution in [0, 0.1) is 18.8 Å². The average molecular weight is 425 g/mol. The molecule has 1 saturated carbocycles. The number of hydrogen-bond acceptors (Lipinski definition) is 2. The van der Waals surface area contributed by atoms with Crippen LogP contribution in [0.4, 0.5) is 17.6 Å². The number of alkyl halides is 2. The Balaban J connectivity index is 0.000000282. The fourth-order valence-electron chi connectivity index (χ4n) is 2.60. The largest absolute Gasteiger partial charge is 0.248 e. The van der Waals surface area contributed by atoms with Crippen LogP contribution in [0.5, 0.6) is 0 Å². The van der Waals surface area contributed by atoms with E-state index >= 15 is 0 Å². The van der Waals surface area contributed by atoms with Gasteiger partial charge in [0.1, 0.15) is 0 Å². The number of pyridine rings is 2. The lowest BCUT2D eigenvalue weighted by atomic mass is 9.83. The first kappa shape index (κ1) is 23.6. The predicted octanol–water partition coefficient (Wildman–Crippen LogP) is 7.38. The van der Waals surface area contributed by atoms with Crippen molar-refractivity contribution in [2.45, 2.75) is 58.3 Å². The molecular formula is C19H22Cl2F4N2. The monoisotopic (exact) mass is 424 g/mol. The summed E-state index contributed by atoms with van der Waals surface area (Å²) in [6, 6.07) is 3.02. The molecule has 1 aliphatic carbocycles. The first-order valence-electron chi connectivity index (χ1n) is 8.64. The topological polar surface area (TPSA) is 25.8 Å². The maximum atomic E-state index is 13.4. The van der Waals surface area contributed by atoms with Gasteiger partial charge >= 0.3 is 0 Å². The number of aromatic nitrogens is 2. The number of rotatable bonds is 1. The zero-order chi connectivity index (χ0) is 20.6. The van der Waals surface area contributed by atoms with Crippen molar-refractivity contribution >= 4 is 23.2 Å². The lowest BCUT2D eigenvalue weighted by molar-refractivity contribution is -0.0384. The number of nitrogens with zero attached hydrogens (tertiary/aromatic N) is 2. The summed E-state index contributed by atoms with van der Waals surface area (Å²) < 4.78 is 51.6. The van der Waals surface area contributed by atoms with Gasteiger partial charge < -0.3 is 0 Å². The van der Waals surface area contributed by atoms with Crippen LogP contribution >= 0.6 is 23.2 Å². The van der Waals surface area contributed by atoms with E-state index in [1.54, 1.807) is 6.92 Å². The van der Waals surface area contributed by atoms with Crippen LogP contribution in [-0.4, -0.2) is 15.9 Å². The number of hydrogen-bond donors (Lipinski definition) is 0. The molecule has 2 heterocycles. The summed E-state index contributed by atoms with van der Waals surface area (Å²) in [5.74, 6) is -3.84. The lowest BCUT2D eigenvalue weighted by Crippen LogP contribution is -2.24. The quantitative estimate of drug-likeness (QED) is 0.352. The van der Waals surface area contributed by atoms with Gasteiger partial charge in [0, 0.05) is 36.4 Å². The van der Waals surface area contributed by atoms with Crippen molar-refractivity contribution in [1.29, 1.82) is 0 Å². The molecule has 150 valence electrons. The van der Waals surface area contributed by atoms with Crippen molar-refractivity contribution in [3.63, 3.8) is 0 Å². The van der Waals surface area contributed by atoms with Crippen molar-refractivity contribution in [2.75, 3.05) is 0 Å². The third-order valence-electron chi connectivity index (χ3n) is 3.97. The van der Waals surface area contributed by atoms with E-state index in [0.717, 1.165) is 0 Å². The van der Waals surface area contributed by atoms with Crippen molar-refractivity contribution in [1.82, 2.24) is 9.97 Å². The molecule has 0 N–H and O–H groups in total. The van der Waals surface area contributed by atoms with Crippen LogP contribution in [0.25, 0.3) is 0 Å². The molecule has 2 nitrogen and oxygen atoms in total. The molecule has 0 aromatic carbocycles. The third kappa shape index (κ3) is 7.62. The summed E-state index contributed by atoms with van der Waals surface area (Å²) in [4.78, 5) is 6.88. The second-order valence-electron chi connectivity index (χ2n) is 5.93. The molecule has 0 bridgehead atoms. The Morgan fingerprint density at radius 2 is 1.41 bits per heavy atom.